The summed E-state index contributed by atoms with van der Waals surface area (Å²) in [4.78, 5) is 37.6. The summed E-state index contributed by atoms with van der Waals surface area (Å²) in [6, 6.07) is 27.8. The van der Waals surface area contributed by atoms with E-state index in [0.29, 0.717) is 40.1 Å². The van der Waals surface area contributed by atoms with Crippen molar-refractivity contribution in [2.75, 3.05) is 6.61 Å². The molecule has 0 bridgehead atoms. The molecule has 302 valence electrons. The fourth-order valence-corrected chi connectivity index (χ4v) is 6.31. The van der Waals surface area contributed by atoms with Gasteiger partial charge in [-0.05, 0) is 92.7 Å². The van der Waals surface area contributed by atoms with E-state index < -0.39 is 0 Å². The van der Waals surface area contributed by atoms with Crippen LogP contribution in [0.15, 0.2) is 141 Å². The number of nitrogens with zero attached hydrogens (tertiary/aromatic N) is 3. The standard InChI is InChI=1S/C21H19N3O3.C9H6O3.C8H6O3.C8H6O2/c1-14(2)24-18(7-10-23-24)20-16(4-3-9-22-20)13-27-19-6-5-15-8-11-26-21(15)17(19)12-25;10-5-7-8(11)2-1-6-3-4-12-9(6)7;9-5-1-2-6-7(10)4-11-8(6)3-5;9-7-2-1-6-3-4-10-8(6)5-7/h3-12,14H,13H2,1-2H3;1-5,11H;1-3,9H,4H2;1-5,9H. The summed E-state index contributed by atoms with van der Waals surface area (Å²) in [6.45, 7) is 4.52. The molecule has 0 spiro atoms. The maximum absolute atomic E-state index is 11.6. The van der Waals surface area contributed by atoms with E-state index in [1.807, 2.05) is 47.1 Å². The molecule has 0 fully saturated rings. The number of Topliss-reactive ketones (excluding diaryl/α,β-unsaturated/α-hetero) is 1. The molecule has 0 unspecified atom stereocenters. The second-order valence-electron chi connectivity index (χ2n) is 13.5. The molecule has 0 radical (unpaired) electrons. The average Bonchev–Trinajstić information content (AvgIpc) is 4.12. The van der Waals surface area contributed by atoms with Gasteiger partial charge in [0, 0.05) is 52.3 Å². The van der Waals surface area contributed by atoms with Gasteiger partial charge in [0.2, 0.25) is 5.78 Å². The molecule has 0 aliphatic carbocycles. The van der Waals surface area contributed by atoms with Gasteiger partial charge in [-0.15, -0.1) is 0 Å². The van der Waals surface area contributed by atoms with Crippen molar-refractivity contribution in [3.05, 3.63) is 150 Å². The highest BCUT2D eigenvalue weighted by atomic mass is 16.5. The Kier molecular flexibility index (Phi) is 12.0. The van der Waals surface area contributed by atoms with E-state index in [4.69, 9.17) is 32.9 Å². The summed E-state index contributed by atoms with van der Waals surface area (Å²) in [5.74, 6) is 1.25. The molecule has 14 heteroatoms. The van der Waals surface area contributed by atoms with Gasteiger partial charge in [0.1, 0.15) is 52.1 Å². The number of carbonyl (C=O) groups is 3. The van der Waals surface area contributed by atoms with Gasteiger partial charge in [0.15, 0.2) is 19.2 Å². The molecule has 4 aromatic carbocycles. The summed E-state index contributed by atoms with van der Waals surface area (Å²) in [5, 5.41) is 34.3. The molecular formula is C46H37N3O11. The number of aromatic nitrogens is 3. The Bertz CT molecular complexity index is 2940. The Morgan fingerprint density at radius 3 is 2.17 bits per heavy atom. The molecule has 9 aromatic rings. The molecule has 10 rings (SSSR count). The third kappa shape index (κ3) is 8.72. The number of fused-ring (bicyclic) bond motifs is 4. The highest BCUT2D eigenvalue weighted by Crippen LogP contribution is 2.31. The lowest BCUT2D eigenvalue weighted by atomic mass is 10.1. The summed E-state index contributed by atoms with van der Waals surface area (Å²) >= 11 is 0. The zero-order valence-corrected chi connectivity index (χ0v) is 32.2. The molecule has 1 aliphatic rings. The molecule has 3 N–H and O–H groups in total. The molecule has 14 nitrogen and oxygen atoms in total. The fourth-order valence-electron chi connectivity index (χ4n) is 6.31. The molecule has 60 heavy (non-hydrogen) atoms. The predicted octanol–water partition coefficient (Wildman–Crippen LogP) is 9.72. The summed E-state index contributed by atoms with van der Waals surface area (Å²) < 4.78 is 28.4. The first-order valence-electron chi connectivity index (χ1n) is 18.5. The van der Waals surface area contributed by atoms with E-state index in [1.165, 1.54) is 24.5 Å². The smallest absolute Gasteiger partial charge is 0.203 e. The van der Waals surface area contributed by atoms with Crippen molar-refractivity contribution in [2.24, 2.45) is 0 Å². The number of aromatic hydroxyl groups is 3. The Balaban J connectivity index is 0.000000136. The Hall–Kier alpha value is -8.13. The lowest BCUT2D eigenvalue weighted by Crippen LogP contribution is -2.08. The molecule has 0 amide bonds. The first-order chi connectivity index (χ1) is 29.1. The quantitative estimate of drug-likeness (QED) is 0.129. The zero-order chi connectivity index (χ0) is 42.2. The highest BCUT2D eigenvalue weighted by Gasteiger charge is 2.21. The monoisotopic (exact) mass is 807 g/mol. The number of ether oxygens (including phenoxy) is 2. The maximum Gasteiger partial charge on any atom is 0.203 e. The van der Waals surface area contributed by atoms with Gasteiger partial charge >= 0.3 is 0 Å². The highest BCUT2D eigenvalue weighted by molar-refractivity contribution is 6.02. The predicted molar refractivity (Wildman–Crippen MR) is 221 cm³/mol. The number of ketones is 1. The van der Waals surface area contributed by atoms with Crippen molar-refractivity contribution >= 4 is 51.3 Å². The summed E-state index contributed by atoms with van der Waals surface area (Å²) in [7, 11) is 0. The van der Waals surface area contributed by atoms with Crippen LogP contribution in [0.25, 0.3) is 44.3 Å². The molecule has 0 atom stereocenters. The second-order valence-corrected chi connectivity index (χ2v) is 13.5. The van der Waals surface area contributed by atoms with Crippen molar-refractivity contribution in [3.8, 4) is 40.1 Å². The van der Waals surface area contributed by atoms with Gasteiger partial charge in [-0.2, -0.15) is 5.10 Å². The van der Waals surface area contributed by atoms with Crippen LogP contribution >= 0.6 is 0 Å². The summed E-state index contributed by atoms with van der Waals surface area (Å²) in [5.41, 5.74) is 5.53. The minimum atomic E-state index is -0.0487. The van der Waals surface area contributed by atoms with Crippen LogP contribution in [0.1, 0.15) is 56.5 Å². The van der Waals surface area contributed by atoms with E-state index in [1.54, 1.807) is 61.3 Å². The van der Waals surface area contributed by atoms with Crippen LogP contribution in [0.3, 0.4) is 0 Å². The molecule has 1 aliphatic heterocycles. The Labute approximate surface area is 341 Å². The van der Waals surface area contributed by atoms with Crippen molar-refractivity contribution in [2.45, 2.75) is 26.5 Å². The van der Waals surface area contributed by atoms with Crippen LogP contribution in [0, 0.1) is 0 Å². The third-order valence-electron chi connectivity index (χ3n) is 9.23. The van der Waals surface area contributed by atoms with Crippen LogP contribution in [-0.4, -0.2) is 55.0 Å². The zero-order valence-electron chi connectivity index (χ0n) is 32.2. The third-order valence-corrected chi connectivity index (χ3v) is 9.23. The minimum absolute atomic E-state index is 0.0278. The number of benzene rings is 4. The molecule has 6 heterocycles. The number of phenolic OH excluding ortho intramolecular Hbond substituents is 3. The van der Waals surface area contributed by atoms with E-state index in [-0.39, 0.29) is 47.9 Å². The van der Waals surface area contributed by atoms with E-state index in [2.05, 4.69) is 23.9 Å². The SMILES string of the molecule is CC(C)n1nccc1-c1ncccc1COc1ccc2ccoc2c1C=O.O=C1COc2cc(O)ccc21.O=Cc1c(O)ccc2ccoc12.Oc1ccc2ccoc2c1. The average molecular weight is 808 g/mol. The first-order valence-corrected chi connectivity index (χ1v) is 18.5. The lowest BCUT2D eigenvalue weighted by molar-refractivity contribution is 0.0960. The van der Waals surface area contributed by atoms with Crippen molar-refractivity contribution in [1.29, 1.82) is 0 Å². The fraction of sp³-hybridized carbons (Fsp3) is 0.109. The largest absolute Gasteiger partial charge is 0.508 e. The first kappa shape index (κ1) is 40.1. The number of hydrogen-bond donors (Lipinski definition) is 3. The number of hydrogen-bond acceptors (Lipinski definition) is 13. The summed E-state index contributed by atoms with van der Waals surface area (Å²) in [6.07, 6.45) is 9.52. The van der Waals surface area contributed by atoms with Crippen molar-refractivity contribution in [3.63, 3.8) is 0 Å². The number of aldehydes is 2. The topological polar surface area (TPSA) is 200 Å². The van der Waals surface area contributed by atoms with Crippen LogP contribution in [0.5, 0.6) is 28.7 Å². The van der Waals surface area contributed by atoms with Gasteiger partial charge in [0.05, 0.1) is 46.9 Å². The van der Waals surface area contributed by atoms with Gasteiger partial charge in [-0.3, -0.25) is 24.0 Å². The van der Waals surface area contributed by atoms with Gasteiger partial charge in [-0.25, -0.2) is 0 Å². The van der Waals surface area contributed by atoms with Gasteiger partial charge < -0.3 is 38.0 Å². The van der Waals surface area contributed by atoms with Gasteiger partial charge in [-0.1, -0.05) is 6.07 Å². The normalized spacial score (nSPS) is 11.5. The van der Waals surface area contributed by atoms with Crippen molar-refractivity contribution < 1.29 is 52.4 Å². The number of furan rings is 3. The van der Waals surface area contributed by atoms with Gasteiger partial charge in [0.25, 0.3) is 0 Å². The molecular weight excluding hydrogens is 771 g/mol. The number of carbonyl (C=O) groups excluding carboxylic acids is 3. The molecule has 0 saturated carbocycles. The number of phenols is 3. The maximum atomic E-state index is 11.6. The van der Waals surface area contributed by atoms with E-state index in [0.717, 1.165) is 45.0 Å². The van der Waals surface area contributed by atoms with Crippen LogP contribution in [-0.2, 0) is 6.61 Å². The second kappa shape index (κ2) is 18.0. The molecule has 0 saturated heterocycles. The van der Waals surface area contributed by atoms with E-state index >= 15 is 0 Å². The van der Waals surface area contributed by atoms with Crippen LogP contribution in [0.4, 0.5) is 0 Å². The van der Waals surface area contributed by atoms with Crippen LogP contribution < -0.4 is 9.47 Å². The van der Waals surface area contributed by atoms with E-state index in [9.17, 15) is 19.5 Å². The van der Waals surface area contributed by atoms with Crippen molar-refractivity contribution in [1.82, 2.24) is 14.8 Å². The minimum Gasteiger partial charge on any atom is -0.508 e. The Morgan fingerprint density at radius 1 is 0.750 bits per heavy atom. The number of rotatable bonds is 7. The molecule has 5 aromatic heterocycles. The van der Waals surface area contributed by atoms with Crippen LogP contribution in [0.2, 0.25) is 0 Å². The number of pyridine rings is 1. The Morgan fingerprint density at radius 2 is 1.42 bits per heavy atom. The lowest BCUT2D eigenvalue weighted by Gasteiger charge is -2.14.